The van der Waals surface area contributed by atoms with Gasteiger partial charge in [0.2, 0.25) is 0 Å². The van der Waals surface area contributed by atoms with Crippen molar-refractivity contribution in [3.63, 3.8) is 0 Å². The first-order valence-electron chi connectivity index (χ1n) is 8.39. The lowest BCUT2D eigenvalue weighted by Gasteiger charge is -2.03. The molecule has 0 fully saturated rings. The van der Waals surface area contributed by atoms with Crippen LogP contribution in [0.4, 0.5) is 5.69 Å². The summed E-state index contributed by atoms with van der Waals surface area (Å²) in [5.74, 6) is 0.744. The Hall–Kier alpha value is -3.94. The minimum absolute atomic E-state index is 0.0486. The van der Waals surface area contributed by atoms with Crippen LogP contribution in [0.15, 0.2) is 76.2 Å². The van der Waals surface area contributed by atoms with Gasteiger partial charge in [0, 0.05) is 17.7 Å². The molecule has 142 valence electrons. The fraction of sp³-hybridized carbons (Fsp3) is 0.100. The van der Waals surface area contributed by atoms with Crippen molar-refractivity contribution in [1.82, 2.24) is 5.43 Å². The Morgan fingerprint density at radius 3 is 2.68 bits per heavy atom. The number of nitro benzene ring substituents is 1. The van der Waals surface area contributed by atoms with Gasteiger partial charge in [-0.05, 0) is 31.2 Å². The number of benzene rings is 2. The third kappa shape index (κ3) is 4.82. The molecule has 3 rings (SSSR count). The zero-order valence-electron chi connectivity index (χ0n) is 15.0. The van der Waals surface area contributed by atoms with Crippen LogP contribution in [-0.4, -0.2) is 16.5 Å². The summed E-state index contributed by atoms with van der Waals surface area (Å²) in [4.78, 5) is 22.5. The van der Waals surface area contributed by atoms with Crippen LogP contribution in [-0.2, 0) is 6.61 Å². The molecular formula is C20H17N3O5. The van der Waals surface area contributed by atoms with Crippen molar-refractivity contribution in [3.8, 4) is 5.75 Å². The van der Waals surface area contributed by atoms with E-state index in [0.717, 1.165) is 0 Å². The molecule has 0 saturated heterocycles. The Morgan fingerprint density at radius 2 is 1.93 bits per heavy atom. The smallest absolute Gasteiger partial charge is 0.307 e. The van der Waals surface area contributed by atoms with E-state index in [1.54, 1.807) is 25.1 Å². The van der Waals surface area contributed by atoms with E-state index < -0.39 is 10.8 Å². The number of carbonyl (C=O) groups excluding carboxylic acids is 1. The van der Waals surface area contributed by atoms with Crippen molar-refractivity contribution in [1.29, 1.82) is 0 Å². The summed E-state index contributed by atoms with van der Waals surface area (Å²) in [6, 6.07) is 18.4. The molecule has 8 heteroatoms. The number of hydrogen-bond donors (Lipinski definition) is 1. The molecule has 0 bridgehead atoms. The number of rotatable bonds is 7. The maximum absolute atomic E-state index is 12.2. The highest BCUT2D eigenvalue weighted by Gasteiger charge is 2.12. The fourth-order valence-electron chi connectivity index (χ4n) is 2.35. The summed E-state index contributed by atoms with van der Waals surface area (Å²) in [5, 5.41) is 14.8. The van der Waals surface area contributed by atoms with Crippen LogP contribution in [0.3, 0.4) is 0 Å². The van der Waals surface area contributed by atoms with Gasteiger partial charge in [0.15, 0.2) is 5.76 Å². The number of hydrogen-bond acceptors (Lipinski definition) is 6. The molecule has 0 atom stereocenters. The lowest BCUT2D eigenvalue weighted by atomic mass is 10.1. The maximum atomic E-state index is 12.2. The van der Waals surface area contributed by atoms with Crippen molar-refractivity contribution < 1.29 is 18.9 Å². The lowest BCUT2D eigenvalue weighted by molar-refractivity contribution is -0.384. The molecule has 8 nitrogen and oxygen atoms in total. The van der Waals surface area contributed by atoms with E-state index in [2.05, 4.69) is 10.5 Å². The van der Waals surface area contributed by atoms with E-state index in [1.807, 2.05) is 30.3 Å². The topological polar surface area (TPSA) is 107 Å². The average Bonchev–Trinajstić information content (AvgIpc) is 3.20. The Labute approximate surface area is 160 Å². The minimum atomic E-state index is -0.532. The molecule has 1 amide bonds. The molecule has 0 saturated carbocycles. The summed E-state index contributed by atoms with van der Waals surface area (Å²) in [5.41, 5.74) is 3.29. The van der Waals surface area contributed by atoms with Crippen LogP contribution in [0, 0.1) is 10.1 Å². The number of ether oxygens (including phenoxy) is 1. The molecule has 0 aliphatic rings. The Balaban J connectivity index is 1.60. The second kappa shape index (κ2) is 8.63. The molecule has 1 aromatic heterocycles. The molecule has 1 heterocycles. The number of hydrazone groups is 1. The molecule has 0 aliphatic carbocycles. The normalized spacial score (nSPS) is 11.1. The summed E-state index contributed by atoms with van der Waals surface area (Å²) >= 11 is 0. The molecule has 3 aromatic rings. The number of carbonyl (C=O) groups is 1. The summed E-state index contributed by atoms with van der Waals surface area (Å²) in [6.07, 6.45) is 0. The number of nitrogens with one attached hydrogen (secondary N) is 1. The monoisotopic (exact) mass is 379 g/mol. The summed E-state index contributed by atoms with van der Waals surface area (Å²) in [6.45, 7) is 1.83. The first-order valence-corrected chi connectivity index (χ1v) is 8.39. The molecule has 0 radical (unpaired) electrons. The second-order valence-electron chi connectivity index (χ2n) is 5.81. The highest BCUT2D eigenvalue weighted by Crippen LogP contribution is 2.15. The van der Waals surface area contributed by atoms with Crippen molar-refractivity contribution >= 4 is 17.3 Å². The van der Waals surface area contributed by atoms with Crippen LogP contribution >= 0.6 is 0 Å². The molecule has 0 unspecified atom stereocenters. The zero-order chi connectivity index (χ0) is 19.9. The Morgan fingerprint density at radius 1 is 1.14 bits per heavy atom. The van der Waals surface area contributed by atoms with Crippen LogP contribution in [0.2, 0.25) is 0 Å². The number of furan rings is 1. The summed E-state index contributed by atoms with van der Waals surface area (Å²) in [7, 11) is 0. The van der Waals surface area contributed by atoms with Crippen LogP contribution in [0.1, 0.15) is 28.8 Å². The predicted molar refractivity (Wildman–Crippen MR) is 102 cm³/mol. The quantitative estimate of drug-likeness (QED) is 0.380. The van der Waals surface area contributed by atoms with Crippen molar-refractivity contribution in [2.75, 3.05) is 0 Å². The highest BCUT2D eigenvalue weighted by atomic mass is 16.6. The van der Waals surface area contributed by atoms with Crippen molar-refractivity contribution in [2.24, 2.45) is 5.10 Å². The van der Waals surface area contributed by atoms with Crippen LogP contribution < -0.4 is 10.2 Å². The predicted octanol–water partition coefficient (Wildman–Crippen LogP) is 3.92. The van der Waals surface area contributed by atoms with Crippen molar-refractivity contribution in [3.05, 3.63) is 93.9 Å². The largest absolute Gasteiger partial charge is 0.486 e. The van der Waals surface area contributed by atoms with Crippen LogP contribution in [0.25, 0.3) is 0 Å². The van der Waals surface area contributed by atoms with Crippen molar-refractivity contribution in [2.45, 2.75) is 13.5 Å². The average molecular weight is 379 g/mol. The van der Waals surface area contributed by atoms with E-state index in [1.165, 1.54) is 18.2 Å². The number of nitro groups is 1. The molecule has 0 aliphatic heterocycles. The van der Waals surface area contributed by atoms with Gasteiger partial charge >= 0.3 is 5.91 Å². The standard InChI is InChI=1S/C20H17N3O5/c1-14(15-6-5-7-16(12-15)23(25)26)21-22-20(24)19-11-10-18(28-19)13-27-17-8-3-2-4-9-17/h2-12H,13H2,1H3,(H,22,24)/b21-14-. The first kappa shape index (κ1) is 18.8. The highest BCUT2D eigenvalue weighted by molar-refractivity contribution is 6.00. The molecule has 28 heavy (non-hydrogen) atoms. The van der Waals surface area contributed by atoms with Gasteiger partial charge in [-0.3, -0.25) is 14.9 Å². The van der Waals surface area contributed by atoms with Gasteiger partial charge in [-0.15, -0.1) is 0 Å². The number of non-ortho nitro benzene ring substituents is 1. The first-order chi connectivity index (χ1) is 13.5. The molecular weight excluding hydrogens is 362 g/mol. The maximum Gasteiger partial charge on any atom is 0.307 e. The van der Waals surface area contributed by atoms with E-state index in [0.29, 0.717) is 22.8 Å². The molecule has 2 aromatic carbocycles. The van der Waals surface area contributed by atoms with E-state index in [-0.39, 0.29) is 18.1 Å². The Bertz CT molecular complexity index is 1010. The number of nitrogens with zero attached hydrogens (tertiary/aromatic N) is 2. The van der Waals surface area contributed by atoms with E-state index >= 15 is 0 Å². The number of amides is 1. The fourth-order valence-corrected chi connectivity index (χ4v) is 2.35. The lowest BCUT2D eigenvalue weighted by Crippen LogP contribution is -2.18. The van der Waals surface area contributed by atoms with Crippen LogP contribution in [0.5, 0.6) is 5.75 Å². The van der Waals surface area contributed by atoms with Gasteiger partial charge in [0.05, 0.1) is 10.6 Å². The number of para-hydroxylation sites is 1. The Kier molecular flexibility index (Phi) is 5.81. The third-order valence-electron chi connectivity index (χ3n) is 3.81. The molecule has 0 spiro atoms. The van der Waals surface area contributed by atoms with E-state index in [4.69, 9.17) is 9.15 Å². The van der Waals surface area contributed by atoms with Gasteiger partial charge in [-0.2, -0.15) is 5.10 Å². The SMILES string of the molecule is C/C(=N/NC(=O)c1ccc(COc2ccccc2)o1)c1cccc([N+](=O)[O-])c1. The minimum Gasteiger partial charge on any atom is -0.486 e. The van der Waals surface area contributed by atoms with Gasteiger partial charge in [-0.25, -0.2) is 5.43 Å². The van der Waals surface area contributed by atoms with E-state index in [9.17, 15) is 14.9 Å². The third-order valence-corrected chi connectivity index (χ3v) is 3.81. The zero-order valence-corrected chi connectivity index (χ0v) is 15.0. The van der Waals surface area contributed by atoms with Gasteiger partial charge in [0.25, 0.3) is 5.69 Å². The van der Waals surface area contributed by atoms with Gasteiger partial charge in [-0.1, -0.05) is 30.3 Å². The van der Waals surface area contributed by atoms with Gasteiger partial charge in [0.1, 0.15) is 18.1 Å². The molecule has 1 N–H and O–H groups in total. The second-order valence-corrected chi connectivity index (χ2v) is 5.81. The summed E-state index contributed by atoms with van der Waals surface area (Å²) < 4.78 is 11.0. The van der Waals surface area contributed by atoms with Gasteiger partial charge < -0.3 is 9.15 Å².